The highest BCUT2D eigenvalue weighted by molar-refractivity contribution is 7.89. The first-order chi connectivity index (χ1) is 17.4. The van der Waals surface area contributed by atoms with Crippen molar-refractivity contribution in [3.05, 3.63) is 66.0 Å². The number of rotatable bonds is 8. The number of pyridine rings is 2. The summed E-state index contributed by atoms with van der Waals surface area (Å²) in [5.74, 6) is 1.26. The summed E-state index contributed by atoms with van der Waals surface area (Å²) in [4.78, 5) is 9.30. The molecule has 0 amide bonds. The van der Waals surface area contributed by atoms with Gasteiger partial charge in [-0.2, -0.15) is 0 Å². The zero-order valence-corrected chi connectivity index (χ0v) is 21.2. The summed E-state index contributed by atoms with van der Waals surface area (Å²) in [5.41, 5.74) is 3.95. The summed E-state index contributed by atoms with van der Waals surface area (Å²) >= 11 is 0. The smallest absolute Gasteiger partial charge is 0.241 e. The predicted molar refractivity (Wildman–Crippen MR) is 138 cm³/mol. The van der Waals surface area contributed by atoms with Crippen LogP contribution in [0.1, 0.15) is 61.9 Å². The van der Waals surface area contributed by atoms with E-state index in [1.165, 1.54) is 0 Å². The molecule has 2 N–H and O–H groups in total. The summed E-state index contributed by atoms with van der Waals surface area (Å²) in [7, 11) is -3.67. The van der Waals surface area contributed by atoms with E-state index in [1.54, 1.807) is 18.7 Å². The number of benzene rings is 1. The molecular weight excluding hydrogens is 474 g/mol. The van der Waals surface area contributed by atoms with E-state index in [0.29, 0.717) is 23.3 Å². The second-order valence-corrected chi connectivity index (χ2v) is 11.8. The number of hydrogen-bond donors (Lipinski definition) is 2. The van der Waals surface area contributed by atoms with Crippen molar-refractivity contribution in [1.82, 2.24) is 29.5 Å². The van der Waals surface area contributed by atoms with Crippen molar-refractivity contribution < 1.29 is 8.42 Å². The summed E-state index contributed by atoms with van der Waals surface area (Å²) in [6.45, 7) is 4.40. The van der Waals surface area contributed by atoms with Gasteiger partial charge in [-0.1, -0.05) is 13.8 Å². The van der Waals surface area contributed by atoms with Crippen molar-refractivity contribution in [3.8, 4) is 5.69 Å². The minimum atomic E-state index is -3.67. The van der Waals surface area contributed by atoms with Crippen molar-refractivity contribution in [2.24, 2.45) is 5.92 Å². The fourth-order valence-corrected chi connectivity index (χ4v) is 6.40. The molecule has 36 heavy (non-hydrogen) atoms. The third kappa shape index (κ3) is 4.24. The van der Waals surface area contributed by atoms with Crippen molar-refractivity contribution in [3.63, 3.8) is 0 Å². The monoisotopic (exact) mass is 503 g/mol. The molecule has 0 spiro atoms. The molecule has 6 rings (SSSR count). The van der Waals surface area contributed by atoms with Gasteiger partial charge in [-0.15, -0.1) is 10.2 Å². The number of anilines is 1. The number of aromatic nitrogens is 5. The average Bonchev–Trinajstić information content (AvgIpc) is 3.50. The first-order valence-corrected chi connectivity index (χ1v) is 13.9. The second kappa shape index (κ2) is 8.94. The molecule has 0 radical (unpaired) electrons. The van der Waals surface area contributed by atoms with Crippen LogP contribution in [0.25, 0.3) is 16.5 Å². The molecule has 3 aromatic heterocycles. The van der Waals surface area contributed by atoms with Gasteiger partial charge < -0.3 is 5.32 Å². The van der Waals surface area contributed by atoms with E-state index in [4.69, 9.17) is 4.98 Å². The Hall–Kier alpha value is -3.37. The van der Waals surface area contributed by atoms with Crippen LogP contribution in [-0.2, 0) is 16.4 Å². The molecule has 1 atom stereocenters. The van der Waals surface area contributed by atoms with Crippen LogP contribution in [0, 0.1) is 5.92 Å². The van der Waals surface area contributed by atoms with Crippen molar-refractivity contribution in [1.29, 1.82) is 0 Å². The van der Waals surface area contributed by atoms with Crippen LogP contribution in [0.3, 0.4) is 0 Å². The number of nitrogens with one attached hydrogen (secondary N) is 2. The second-order valence-electron chi connectivity index (χ2n) is 10.1. The van der Waals surface area contributed by atoms with E-state index in [1.807, 2.05) is 48.9 Å². The zero-order valence-electron chi connectivity index (χ0n) is 20.3. The normalized spacial score (nSPS) is 17.6. The van der Waals surface area contributed by atoms with E-state index in [2.05, 4.69) is 25.2 Å². The zero-order chi connectivity index (χ0) is 24.9. The molecule has 1 unspecified atom stereocenters. The number of nitrogens with zero attached hydrogens (tertiary/aromatic N) is 5. The Morgan fingerprint density at radius 1 is 1.14 bits per heavy atom. The maximum absolute atomic E-state index is 13.4. The van der Waals surface area contributed by atoms with Crippen LogP contribution < -0.4 is 10.0 Å². The van der Waals surface area contributed by atoms with E-state index >= 15 is 0 Å². The van der Waals surface area contributed by atoms with Crippen molar-refractivity contribution in [2.75, 3.05) is 11.9 Å². The Morgan fingerprint density at radius 2 is 2.00 bits per heavy atom. The van der Waals surface area contributed by atoms with Gasteiger partial charge >= 0.3 is 0 Å². The van der Waals surface area contributed by atoms with Gasteiger partial charge in [0.2, 0.25) is 16.0 Å². The van der Waals surface area contributed by atoms with Gasteiger partial charge in [0.25, 0.3) is 0 Å². The predicted octanol–water partition coefficient (Wildman–Crippen LogP) is 4.12. The van der Waals surface area contributed by atoms with Gasteiger partial charge in [-0.3, -0.25) is 14.5 Å². The van der Waals surface area contributed by atoms with Crippen LogP contribution in [-0.4, -0.2) is 39.7 Å². The summed E-state index contributed by atoms with van der Waals surface area (Å²) < 4.78 is 31.5. The minimum Gasteiger partial charge on any atom is -0.347 e. The molecule has 0 aliphatic heterocycles. The first kappa shape index (κ1) is 23.1. The number of fused-ring (bicyclic) bond motifs is 3. The standard InChI is InChI=1S/C26H29N7O2S/c1-16(2)12-30-36(34,35)24-10-18-7-8-22(25(18)21-14-28-23(11-20(21)24)17-5-6-17)31-26-32-29-15-33(26)19-4-3-9-27-13-19/h3-4,9-11,13-17,22,30H,5-8,12H2,1-2H3,(H,31,32). The SMILES string of the molecule is CC(C)CNS(=O)(=O)c1cc2c(c3cnc(C4CC4)cc13)C(Nc1nncn1-c1cccnc1)CC2. The average molecular weight is 504 g/mol. The molecule has 2 aliphatic carbocycles. The van der Waals surface area contributed by atoms with Crippen LogP contribution in [0.2, 0.25) is 0 Å². The van der Waals surface area contributed by atoms with Gasteiger partial charge in [0, 0.05) is 41.3 Å². The molecule has 186 valence electrons. The number of sulfonamides is 1. The van der Waals surface area contributed by atoms with Crippen molar-refractivity contribution >= 4 is 26.7 Å². The molecule has 9 nitrogen and oxygen atoms in total. The molecule has 1 aromatic carbocycles. The maximum atomic E-state index is 13.4. The largest absolute Gasteiger partial charge is 0.347 e. The lowest BCUT2D eigenvalue weighted by Gasteiger charge is -2.19. The van der Waals surface area contributed by atoms with E-state index < -0.39 is 10.0 Å². The highest BCUT2D eigenvalue weighted by Gasteiger charge is 2.32. The Bertz CT molecular complexity index is 1530. The summed E-state index contributed by atoms with van der Waals surface area (Å²) in [6.07, 6.45) is 10.8. The molecule has 0 bridgehead atoms. The summed E-state index contributed by atoms with van der Waals surface area (Å²) in [5, 5.41) is 13.6. The number of aryl methyl sites for hydroxylation is 1. The van der Waals surface area contributed by atoms with E-state index in [9.17, 15) is 8.42 Å². The molecule has 10 heteroatoms. The molecule has 0 saturated heterocycles. The van der Waals surface area contributed by atoms with E-state index in [0.717, 1.165) is 59.0 Å². The molecular formula is C26H29N7O2S. The summed E-state index contributed by atoms with van der Waals surface area (Å²) in [6, 6.07) is 7.63. The van der Waals surface area contributed by atoms with Crippen LogP contribution in [0.5, 0.6) is 0 Å². The fraction of sp³-hybridized carbons (Fsp3) is 0.385. The van der Waals surface area contributed by atoms with Gasteiger partial charge in [0.1, 0.15) is 6.33 Å². The van der Waals surface area contributed by atoms with Crippen LogP contribution >= 0.6 is 0 Å². The van der Waals surface area contributed by atoms with Gasteiger partial charge in [-0.25, -0.2) is 13.1 Å². The Kier molecular flexibility index (Phi) is 5.72. The quantitative estimate of drug-likeness (QED) is 0.372. The minimum absolute atomic E-state index is 0.0453. The highest BCUT2D eigenvalue weighted by Crippen LogP contribution is 2.44. The topological polar surface area (TPSA) is 115 Å². The molecule has 3 heterocycles. The van der Waals surface area contributed by atoms with Gasteiger partial charge in [0.05, 0.1) is 22.8 Å². The lowest BCUT2D eigenvalue weighted by molar-refractivity contribution is 0.561. The van der Waals surface area contributed by atoms with Crippen LogP contribution in [0.4, 0.5) is 5.95 Å². The maximum Gasteiger partial charge on any atom is 0.241 e. The fourth-order valence-electron chi connectivity index (χ4n) is 4.94. The van der Waals surface area contributed by atoms with E-state index in [-0.39, 0.29) is 12.0 Å². The molecule has 1 fully saturated rings. The third-order valence-electron chi connectivity index (χ3n) is 6.92. The third-order valence-corrected chi connectivity index (χ3v) is 8.39. The van der Waals surface area contributed by atoms with Crippen molar-refractivity contribution in [2.45, 2.75) is 56.4 Å². The van der Waals surface area contributed by atoms with Gasteiger partial charge in [0.15, 0.2) is 0 Å². The van der Waals surface area contributed by atoms with Gasteiger partial charge in [-0.05, 0) is 67.0 Å². The number of hydrogen-bond acceptors (Lipinski definition) is 7. The molecule has 2 aliphatic rings. The Morgan fingerprint density at radius 3 is 2.75 bits per heavy atom. The Balaban J connectivity index is 1.43. The lowest BCUT2D eigenvalue weighted by Crippen LogP contribution is -2.28. The lowest BCUT2D eigenvalue weighted by atomic mass is 9.99. The van der Waals surface area contributed by atoms with Crippen LogP contribution in [0.15, 0.2) is 54.1 Å². The first-order valence-electron chi connectivity index (χ1n) is 12.4. The highest BCUT2D eigenvalue weighted by atomic mass is 32.2. The molecule has 4 aromatic rings. The Labute approximate surface area is 210 Å². The molecule has 1 saturated carbocycles.